The number of hydrogen-bond donors (Lipinski definition) is 0. The second kappa shape index (κ2) is 6.47. The van der Waals surface area contributed by atoms with Gasteiger partial charge >= 0.3 is 8.65 Å². The quantitative estimate of drug-likeness (QED) is 0.487. The molecular formula is C16H33FOSi4. The number of rotatable bonds is 6. The summed E-state index contributed by atoms with van der Waals surface area (Å²) in [6.45, 7) is 20.2. The van der Waals surface area contributed by atoms with E-state index >= 15 is 4.11 Å². The molecule has 0 aliphatic heterocycles. The van der Waals surface area contributed by atoms with Crippen molar-refractivity contribution in [3.8, 4) is 0 Å². The van der Waals surface area contributed by atoms with Gasteiger partial charge in [0.2, 0.25) is 0 Å². The van der Waals surface area contributed by atoms with Gasteiger partial charge in [0.05, 0.1) is 0 Å². The zero-order valence-corrected chi connectivity index (χ0v) is 19.8. The maximum Gasteiger partial charge on any atom is 0.403 e. The summed E-state index contributed by atoms with van der Waals surface area (Å²) in [6.07, 6.45) is 0. The highest BCUT2D eigenvalue weighted by Gasteiger charge is 2.59. The topological polar surface area (TPSA) is 9.23 Å². The predicted octanol–water partition coefficient (Wildman–Crippen LogP) is 5.28. The lowest BCUT2D eigenvalue weighted by molar-refractivity contribution is 0.475. The smallest absolute Gasteiger partial charge is 0.403 e. The zero-order chi connectivity index (χ0) is 17.4. The van der Waals surface area contributed by atoms with Gasteiger partial charge in [-0.25, -0.2) is 0 Å². The Balaban J connectivity index is 3.55. The summed E-state index contributed by atoms with van der Waals surface area (Å²) in [5, 5.41) is 0.840. The third-order valence-electron chi connectivity index (χ3n) is 3.73. The van der Waals surface area contributed by atoms with Crippen LogP contribution in [0.15, 0.2) is 30.3 Å². The first-order chi connectivity index (χ1) is 9.68. The Morgan fingerprint density at radius 1 is 0.773 bits per heavy atom. The highest BCUT2D eigenvalue weighted by Crippen LogP contribution is 2.42. The lowest BCUT2D eigenvalue weighted by Gasteiger charge is -2.47. The van der Waals surface area contributed by atoms with E-state index in [9.17, 15) is 0 Å². The van der Waals surface area contributed by atoms with Crippen LogP contribution in [0.1, 0.15) is 0 Å². The molecule has 0 bridgehead atoms. The molecule has 0 aliphatic carbocycles. The molecule has 0 amide bonds. The molecule has 1 aromatic rings. The van der Waals surface area contributed by atoms with Crippen LogP contribution in [0.25, 0.3) is 0 Å². The Morgan fingerprint density at radius 2 is 1.18 bits per heavy atom. The standard InChI is InChI=1S/C16H33FOSi4/c1-19(2,3)16(20(4,5)6)22(17,18-21(7,8)9)15-13-11-10-12-14-15/h10-14,16H,1-9H3. The second-order valence-electron chi connectivity index (χ2n) is 9.39. The van der Waals surface area contributed by atoms with Gasteiger partial charge < -0.3 is 4.12 Å². The minimum Gasteiger partial charge on any atom is -0.430 e. The molecule has 0 saturated heterocycles. The van der Waals surface area contributed by atoms with Gasteiger partial charge in [-0.3, -0.25) is 4.11 Å². The van der Waals surface area contributed by atoms with Crippen molar-refractivity contribution in [2.45, 2.75) is 63.7 Å². The minimum atomic E-state index is -3.48. The van der Waals surface area contributed by atoms with Crippen LogP contribution < -0.4 is 5.19 Å². The summed E-state index contributed by atoms with van der Waals surface area (Å²) >= 11 is 0. The molecule has 1 nitrogen and oxygen atoms in total. The molecule has 0 saturated carbocycles. The molecule has 6 heteroatoms. The van der Waals surface area contributed by atoms with Gasteiger partial charge in [-0.05, 0) is 29.6 Å². The largest absolute Gasteiger partial charge is 0.430 e. The summed E-state index contributed by atoms with van der Waals surface area (Å²) in [6, 6.07) is 9.79. The third kappa shape index (κ3) is 4.99. The van der Waals surface area contributed by atoms with Crippen molar-refractivity contribution in [3.05, 3.63) is 30.3 Å². The van der Waals surface area contributed by atoms with Crippen molar-refractivity contribution >= 4 is 38.3 Å². The molecule has 0 spiro atoms. The van der Waals surface area contributed by atoms with Crippen molar-refractivity contribution < 1.29 is 8.22 Å². The van der Waals surface area contributed by atoms with Crippen LogP contribution in [-0.4, -0.2) is 33.1 Å². The third-order valence-corrected chi connectivity index (χ3v) is 25.3. The molecule has 22 heavy (non-hydrogen) atoms. The molecule has 0 aromatic heterocycles. The fourth-order valence-electron chi connectivity index (χ4n) is 3.81. The van der Waals surface area contributed by atoms with Crippen molar-refractivity contribution in [2.24, 2.45) is 0 Å². The highest BCUT2D eigenvalue weighted by molar-refractivity contribution is 7.14. The molecule has 0 N–H and O–H groups in total. The first-order valence-corrected chi connectivity index (χ1v) is 20.6. The van der Waals surface area contributed by atoms with Crippen LogP contribution in [0.3, 0.4) is 0 Å². The molecule has 1 atom stereocenters. The minimum absolute atomic E-state index is 0.154. The van der Waals surface area contributed by atoms with Crippen LogP contribution in [0.2, 0.25) is 63.7 Å². The Labute approximate surface area is 140 Å². The SMILES string of the molecule is C[Si](C)(C)O[Si](F)(c1ccccc1)C([Si](C)(C)C)[Si](C)(C)C. The summed E-state index contributed by atoms with van der Waals surface area (Å²) in [4.78, 5) is 0.154. The maximum atomic E-state index is 16.7. The number of halogens is 1. The normalized spacial score (nSPS) is 16.7. The predicted molar refractivity (Wildman–Crippen MR) is 108 cm³/mol. The van der Waals surface area contributed by atoms with Crippen LogP contribution in [0.4, 0.5) is 4.11 Å². The average molecular weight is 373 g/mol. The van der Waals surface area contributed by atoms with Gasteiger partial charge in [-0.2, -0.15) is 0 Å². The van der Waals surface area contributed by atoms with Gasteiger partial charge in [0.25, 0.3) is 0 Å². The average Bonchev–Trinajstić information content (AvgIpc) is 2.23. The molecule has 0 heterocycles. The second-order valence-corrected chi connectivity index (χ2v) is 29.2. The first kappa shape index (κ1) is 20.0. The van der Waals surface area contributed by atoms with Gasteiger partial charge in [-0.15, -0.1) is 0 Å². The van der Waals surface area contributed by atoms with E-state index in [0.29, 0.717) is 0 Å². The molecule has 126 valence electrons. The Morgan fingerprint density at radius 3 is 1.50 bits per heavy atom. The maximum absolute atomic E-state index is 16.7. The van der Waals surface area contributed by atoms with Crippen LogP contribution in [0, 0.1) is 0 Å². The van der Waals surface area contributed by atoms with Gasteiger partial charge in [0.15, 0.2) is 8.32 Å². The molecular weight excluding hydrogens is 340 g/mol. The summed E-state index contributed by atoms with van der Waals surface area (Å²) in [5.74, 6) is 0. The first-order valence-electron chi connectivity index (χ1n) is 8.12. The number of hydrogen-bond acceptors (Lipinski definition) is 1. The van der Waals surface area contributed by atoms with E-state index in [1.54, 1.807) is 0 Å². The van der Waals surface area contributed by atoms with Crippen molar-refractivity contribution in [1.29, 1.82) is 0 Å². The molecule has 1 unspecified atom stereocenters. The molecule has 0 aliphatic rings. The lowest BCUT2D eigenvalue weighted by atomic mass is 10.4. The van der Waals surface area contributed by atoms with Crippen LogP contribution in [0.5, 0.6) is 0 Å². The van der Waals surface area contributed by atoms with Gasteiger partial charge in [0.1, 0.15) is 0 Å². The Bertz CT molecular complexity index is 474. The fourth-order valence-corrected chi connectivity index (χ4v) is 30.7. The summed E-state index contributed by atoms with van der Waals surface area (Å²) in [7, 11) is -8.83. The Hall–Kier alpha value is -0.0225. The summed E-state index contributed by atoms with van der Waals surface area (Å²) < 4.78 is 23.1. The Kier molecular flexibility index (Phi) is 5.89. The fraction of sp³-hybridized carbons (Fsp3) is 0.625. The molecule has 1 aromatic carbocycles. The van der Waals surface area contributed by atoms with E-state index in [2.05, 4.69) is 58.9 Å². The van der Waals surface area contributed by atoms with E-state index in [0.717, 1.165) is 5.19 Å². The van der Waals surface area contributed by atoms with E-state index in [1.165, 1.54) is 0 Å². The van der Waals surface area contributed by atoms with Crippen molar-refractivity contribution in [1.82, 2.24) is 0 Å². The van der Waals surface area contributed by atoms with E-state index in [-0.39, 0.29) is 4.79 Å². The van der Waals surface area contributed by atoms with Crippen molar-refractivity contribution in [3.63, 3.8) is 0 Å². The van der Waals surface area contributed by atoms with Crippen LogP contribution in [-0.2, 0) is 4.12 Å². The monoisotopic (exact) mass is 372 g/mol. The van der Waals surface area contributed by atoms with Crippen LogP contribution >= 0.6 is 0 Å². The van der Waals surface area contributed by atoms with E-state index < -0.39 is 33.1 Å². The van der Waals surface area contributed by atoms with Crippen molar-refractivity contribution in [2.75, 3.05) is 0 Å². The zero-order valence-electron chi connectivity index (χ0n) is 15.8. The van der Waals surface area contributed by atoms with Gasteiger partial charge in [-0.1, -0.05) is 69.6 Å². The number of benzene rings is 1. The highest BCUT2D eigenvalue weighted by atomic mass is 28.5. The molecule has 0 fully saturated rings. The summed E-state index contributed by atoms with van der Waals surface area (Å²) in [5.41, 5.74) is 0. The van der Waals surface area contributed by atoms with Gasteiger partial charge in [0, 0.05) is 16.1 Å². The molecule has 0 radical (unpaired) electrons. The van der Waals surface area contributed by atoms with E-state index in [1.807, 2.05) is 30.3 Å². The molecule has 1 rings (SSSR count). The van der Waals surface area contributed by atoms with E-state index in [4.69, 9.17) is 4.12 Å². The lowest BCUT2D eigenvalue weighted by Crippen LogP contribution is -2.67.